The zero-order chi connectivity index (χ0) is 20.6. The maximum Gasteiger partial charge on any atom is 0.255 e. The molecule has 0 aromatic heterocycles. The maximum atomic E-state index is 12.7. The van der Waals surface area contributed by atoms with Gasteiger partial charge in [-0.2, -0.15) is 0 Å². The Morgan fingerprint density at radius 1 is 0.897 bits per heavy atom. The van der Waals surface area contributed by atoms with E-state index in [1.54, 1.807) is 24.3 Å². The lowest BCUT2D eigenvalue weighted by Gasteiger charge is -2.22. The van der Waals surface area contributed by atoms with Gasteiger partial charge in [0.15, 0.2) is 0 Å². The average molecular weight is 409 g/mol. The molecule has 0 bridgehead atoms. The summed E-state index contributed by atoms with van der Waals surface area (Å²) in [7, 11) is 0. The third-order valence-corrected chi connectivity index (χ3v) is 4.64. The molecule has 0 heterocycles. The highest BCUT2D eigenvalue weighted by molar-refractivity contribution is 6.30. The van der Waals surface area contributed by atoms with Gasteiger partial charge >= 0.3 is 0 Å². The number of halogens is 1. The quantitative estimate of drug-likeness (QED) is 0.274. The Hall–Kier alpha value is -3.19. The summed E-state index contributed by atoms with van der Waals surface area (Å²) in [5.41, 5.74) is 5.00. The lowest BCUT2D eigenvalue weighted by atomic mass is 9.96. The summed E-state index contributed by atoms with van der Waals surface area (Å²) in [6.45, 7) is 0.00472. The molecular formula is C22H21ClN4O2. The normalized spacial score (nSPS) is 11.5. The van der Waals surface area contributed by atoms with Crippen LogP contribution < -0.4 is 21.9 Å². The molecule has 0 aliphatic carbocycles. The highest BCUT2D eigenvalue weighted by Crippen LogP contribution is 2.29. The van der Waals surface area contributed by atoms with E-state index in [0.29, 0.717) is 16.3 Å². The predicted octanol–water partition coefficient (Wildman–Crippen LogP) is 3.26. The van der Waals surface area contributed by atoms with Crippen LogP contribution in [0, 0.1) is 0 Å². The molecule has 3 aromatic rings. The molecule has 3 aromatic carbocycles. The van der Waals surface area contributed by atoms with Gasteiger partial charge in [0.1, 0.15) is 0 Å². The van der Waals surface area contributed by atoms with Gasteiger partial charge in [-0.15, -0.1) is 0 Å². The number of anilines is 1. The van der Waals surface area contributed by atoms with E-state index in [9.17, 15) is 9.59 Å². The van der Waals surface area contributed by atoms with Crippen molar-refractivity contribution >= 4 is 29.1 Å². The zero-order valence-electron chi connectivity index (χ0n) is 15.6. The maximum absolute atomic E-state index is 12.7. The Kier molecular flexibility index (Phi) is 6.97. The van der Waals surface area contributed by atoms with Crippen LogP contribution in [0.25, 0.3) is 0 Å². The Labute approximate surface area is 174 Å². The lowest BCUT2D eigenvalue weighted by Crippen LogP contribution is -2.39. The fourth-order valence-corrected chi connectivity index (χ4v) is 3.08. The van der Waals surface area contributed by atoms with Gasteiger partial charge in [0.25, 0.3) is 5.91 Å². The number of carbonyl (C=O) groups excluding carboxylic acids is 2. The fraction of sp³-hybridized carbons (Fsp3) is 0.0909. The number of para-hydroxylation sites is 1. The number of nitrogens with one attached hydrogen (secondary N) is 3. The summed E-state index contributed by atoms with van der Waals surface area (Å²) in [5, 5.41) is 6.76. The highest BCUT2D eigenvalue weighted by atomic mass is 35.5. The molecule has 0 aliphatic rings. The van der Waals surface area contributed by atoms with Crippen molar-refractivity contribution in [2.45, 2.75) is 6.04 Å². The number of amides is 2. The van der Waals surface area contributed by atoms with Crippen LogP contribution in [0.5, 0.6) is 0 Å². The van der Waals surface area contributed by atoms with E-state index in [0.717, 1.165) is 11.1 Å². The molecule has 0 spiro atoms. The standard InChI is InChI=1S/C22H21ClN4O2/c23-17-12-10-15(11-13-17)21(25-14-20(28)27-24)18-8-4-5-9-19(18)26-22(29)16-6-2-1-3-7-16/h1-13,21,25H,14,24H2,(H,26,29)(H,27,28)/t21-/m1/s1. The van der Waals surface area contributed by atoms with Crippen LogP contribution in [0.3, 0.4) is 0 Å². The summed E-state index contributed by atoms with van der Waals surface area (Å²) in [6.07, 6.45) is 0. The minimum absolute atomic E-state index is 0.00472. The van der Waals surface area contributed by atoms with Crippen molar-refractivity contribution in [1.82, 2.24) is 10.7 Å². The van der Waals surface area contributed by atoms with Crippen molar-refractivity contribution in [2.75, 3.05) is 11.9 Å². The predicted molar refractivity (Wildman–Crippen MR) is 114 cm³/mol. The molecule has 1 atom stereocenters. The Morgan fingerprint density at radius 2 is 1.55 bits per heavy atom. The van der Waals surface area contributed by atoms with E-state index in [-0.39, 0.29) is 24.4 Å². The number of rotatable bonds is 7. The van der Waals surface area contributed by atoms with Crippen LogP contribution in [-0.2, 0) is 4.79 Å². The van der Waals surface area contributed by atoms with Gasteiger partial charge in [0.2, 0.25) is 5.91 Å². The average Bonchev–Trinajstić information content (AvgIpc) is 2.76. The summed E-state index contributed by atoms with van der Waals surface area (Å²) in [6, 6.07) is 23.3. The first-order chi connectivity index (χ1) is 14.1. The van der Waals surface area contributed by atoms with Crippen molar-refractivity contribution in [2.24, 2.45) is 5.84 Å². The summed E-state index contributed by atoms with van der Waals surface area (Å²) >= 11 is 6.02. The highest BCUT2D eigenvalue weighted by Gasteiger charge is 2.19. The number of hydrogen-bond donors (Lipinski definition) is 4. The van der Waals surface area contributed by atoms with Crippen LogP contribution in [0.4, 0.5) is 5.69 Å². The first-order valence-electron chi connectivity index (χ1n) is 9.02. The van der Waals surface area contributed by atoms with E-state index < -0.39 is 0 Å². The van der Waals surface area contributed by atoms with Crippen molar-refractivity contribution < 1.29 is 9.59 Å². The first-order valence-corrected chi connectivity index (χ1v) is 9.40. The molecule has 7 heteroatoms. The van der Waals surface area contributed by atoms with Crippen LogP contribution in [0.1, 0.15) is 27.5 Å². The Morgan fingerprint density at radius 3 is 2.24 bits per heavy atom. The van der Waals surface area contributed by atoms with E-state index in [2.05, 4.69) is 16.1 Å². The monoisotopic (exact) mass is 408 g/mol. The molecule has 0 radical (unpaired) electrons. The van der Waals surface area contributed by atoms with Gasteiger partial charge in [-0.3, -0.25) is 20.3 Å². The van der Waals surface area contributed by atoms with Crippen LogP contribution in [0.2, 0.25) is 5.02 Å². The Bertz CT molecular complexity index is 978. The van der Waals surface area contributed by atoms with E-state index in [1.165, 1.54) is 0 Å². The molecule has 29 heavy (non-hydrogen) atoms. The second kappa shape index (κ2) is 9.84. The van der Waals surface area contributed by atoms with Gasteiger partial charge in [-0.1, -0.05) is 60.1 Å². The molecule has 3 rings (SSSR count). The van der Waals surface area contributed by atoms with E-state index in [1.807, 2.05) is 54.6 Å². The molecule has 0 saturated heterocycles. The minimum atomic E-state index is -0.364. The first kappa shape index (κ1) is 20.5. The molecule has 0 unspecified atom stereocenters. The number of benzene rings is 3. The summed E-state index contributed by atoms with van der Waals surface area (Å²) in [4.78, 5) is 24.3. The van der Waals surface area contributed by atoms with Gasteiger partial charge in [-0.25, -0.2) is 5.84 Å². The third-order valence-electron chi connectivity index (χ3n) is 4.39. The fourth-order valence-electron chi connectivity index (χ4n) is 2.95. The van der Waals surface area contributed by atoms with Crippen LogP contribution in [0.15, 0.2) is 78.9 Å². The van der Waals surface area contributed by atoms with Gasteiger partial charge in [0, 0.05) is 16.3 Å². The van der Waals surface area contributed by atoms with Gasteiger partial charge in [0.05, 0.1) is 12.6 Å². The number of nitrogens with two attached hydrogens (primary N) is 1. The summed E-state index contributed by atoms with van der Waals surface area (Å²) < 4.78 is 0. The van der Waals surface area contributed by atoms with Gasteiger partial charge < -0.3 is 5.32 Å². The molecule has 2 amide bonds. The molecule has 0 fully saturated rings. The smallest absolute Gasteiger partial charge is 0.255 e. The number of carbonyl (C=O) groups is 2. The second-order valence-corrected chi connectivity index (χ2v) is 6.78. The third kappa shape index (κ3) is 5.42. The molecule has 5 N–H and O–H groups in total. The van der Waals surface area contributed by atoms with Crippen molar-refractivity contribution in [3.05, 3.63) is 101 Å². The summed E-state index contributed by atoms with van der Waals surface area (Å²) in [5.74, 6) is 4.63. The lowest BCUT2D eigenvalue weighted by molar-refractivity contribution is -0.120. The molecule has 0 saturated carbocycles. The molecule has 0 aliphatic heterocycles. The van der Waals surface area contributed by atoms with Crippen molar-refractivity contribution in [1.29, 1.82) is 0 Å². The van der Waals surface area contributed by atoms with E-state index in [4.69, 9.17) is 17.4 Å². The second-order valence-electron chi connectivity index (χ2n) is 6.34. The number of hydrazine groups is 1. The molecule has 148 valence electrons. The van der Waals surface area contributed by atoms with E-state index >= 15 is 0 Å². The Balaban J connectivity index is 1.93. The van der Waals surface area contributed by atoms with Crippen LogP contribution in [-0.4, -0.2) is 18.4 Å². The minimum Gasteiger partial charge on any atom is -0.322 e. The topological polar surface area (TPSA) is 96.2 Å². The largest absolute Gasteiger partial charge is 0.322 e. The SMILES string of the molecule is NNC(=O)CN[C@H](c1ccc(Cl)cc1)c1ccccc1NC(=O)c1ccccc1. The molecular weight excluding hydrogens is 388 g/mol. The van der Waals surface area contributed by atoms with Gasteiger partial charge in [-0.05, 0) is 41.5 Å². The zero-order valence-corrected chi connectivity index (χ0v) is 16.3. The molecule has 6 nitrogen and oxygen atoms in total. The van der Waals surface area contributed by atoms with Crippen LogP contribution >= 0.6 is 11.6 Å². The number of hydrogen-bond acceptors (Lipinski definition) is 4. The van der Waals surface area contributed by atoms with Crippen molar-refractivity contribution in [3.63, 3.8) is 0 Å². The van der Waals surface area contributed by atoms with Crippen molar-refractivity contribution in [3.8, 4) is 0 Å².